The van der Waals surface area contributed by atoms with Gasteiger partial charge < -0.3 is 15.2 Å². The number of anilines is 1. The van der Waals surface area contributed by atoms with E-state index in [0.29, 0.717) is 31.0 Å². The second-order valence-electron chi connectivity index (χ2n) is 9.35. The van der Waals surface area contributed by atoms with E-state index in [1.54, 1.807) is 17.2 Å². The predicted molar refractivity (Wildman–Crippen MR) is 147 cm³/mol. The summed E-state index contributed by atoms with van der Waals surface area (Å²) in [4.78, 5) is 31.3. The minimum atomic E-state index is -0.268. The lowest BCUT2D eigenvalue weighted by atomic mass is 9.95. The van der Waals surface area contributed by atoms with Crippen LogP contribution in [-0.4, -0.2) is 38.0 Å². The molecule has 192 valence electrons. The van der Waals surface area contributed by atoms with Crippen molar-refractivity contribution in [2.75, 3.05) is 11.9 Å². The molecule has 0 radical (unpaired) electrons. The number of benzene rings is 2. The highest BCUT2D eigenvalue weighted by Gasteiger charge is 2.34. The van der Waals surface area contributed by atoms with Crippen LogP contribution in [-0.2, 0) is 13.1 Å². The van der Waals surface area contributed by atoms with Gasteiger partial charge in [0.1, 0.15) is 5.69 Å². The molecule has 7 nitrogen and oxygen atoms in total. The topological polar surface area (TPSA) is 83.0 Å². The molecule has 1 atom stereocenters. The van der Waals surface area contributed by atoms with Crippen LogP contribution in [0.4, 0.5) is 5.69 Å². The Morgan fingerprint density at radius 1 is 1.03 bits per heavy atom. The number of nitrogens with one attached hydrogen (secondary N) is 2. The Bertz CT molecular complexity index is 1370. The number of amides is 2. The zero-order chi connectivity index (χ0) is 26.5. The maximum absolute atomic E-state index is 13.4. The average Bonchev–Trinajstić information content (AvgIpc) is 3.55. The second kappa shape index (κ2) is 11.3. The highest BCUT2D eigenvalue weighted by Crippen LogP contribution is 2.32. The number of fused-ring (bicyclic) bond motifs is 1. The largest absolute Gasteiger partial charge is 0.357 e. The summed E-state index contributed by atoms with van der Waals surface area (Å²) in [6, 6.07) is 19.6. The number of hydrogen-bond donors (Lipinski definition) is 2. The van der Waals surface area contributed by atoms with Gasteiger partial charge in [0.2, 0.25) is 0 Å². The molecule has 0 fully saturated rings. The smallest absolute Gasteiger partial charge is 0.276 e. The van der Waals surface area contributed by atoms with Crippen molar-refractivity contribution >= 4 is 17.5 Å². The van der Waals surface area contributed by atoms with E-state index >= 15 is 0 Å². The summed E-state index contributed by atoms with van der Waals surface area (Å²) in [6.45, 7) is 11.6. The Hall–Kier alpha value is -4.13. The van der Waals surface area contributed by atoms with Gasteiger partial charge >= 0.3 is 0 Å². The number of carbonyl (C=O) groups is 2. The molecule has 3 heterocycles. The summed E-state index contributed by atoms with van der Waals surface area (Å²) in [6.07, 6.45) is 1.74. The monoisotopic (exact) mass is 497 g/mol. The lowest BCUT2D eigenvalue weighted by Crippen LogP contribution is -2.38. The highest BCUT2D eigenvalue weighted by atomic mass is 16.2. The Morgan fingerprint density at radius 2 is 1.78 bits per heavy atom. The van der Waals surface area contributed by atoms with Gasteiger partial charge in [0.05, 0.1) is 13.1 Å². The van der Waals surface area contributed by atoms with Gasteiger partial charge in [-0.15, -0.1) is 0 Å². The van der Waals surface area contributed by atoms with Crippen LogP contribution in [0, 0.1) is 13.8 Å². The molecule has 2 N–H and O–H groups in total. The standard InChI is InChI=1S/C28H29N5O2.C2H6/c1-18-9-11-21(12-10-18)16-33-26-20(3)15-32(28(35)24-8-5-13-29-24)17-23(26)25(31-33)27(34)30-22-7-4-6-19(2)14-22;1-2/h4-14,20,29H,15-17H2,1-3H3,(H,30,34);1-2H3. The van der Waals surface area contributed by atoms with E-state index in [1.165, 1.54) is 5.56 Å². The first-order valence-corrected chi connectivity index (χ1v) is 12.8. The van der Waals surface area contributed by atoms with Gasteiger partial charge in [0, 0.05) is 35.6 Å². The van der Waals surface area contributed by atoms with E-state index in [9.17, 15) is 9.59 Å². The van der Waals surface area contributed by atoms with E-state index in [4.69, 9.17) is 5.10 Å². The first-order chi connectivity index (χ1) is 17.9. The zero-order valence-electron chi connectivity index (χ0n) is 22.2. The minimum absolute atomic E-state index is 0.0242. The molecule has 2 aromatic heterocycles. The fourth-order valence-electron chi connectivity index (χ4n) is 4.76. The van der Waals surface area contributed by atoms with Gasteiger partial charge in [-0.1, -0.05) is 62.7 Å². The first kappa shape index (κ1) is 25.9. The van der Waals surface area contributed by atoms with Crippen LogP contribution in [0.25, 0.3) is 0 Å². The fraction of sp³-hybridized carbons (Fsp3) is 0.300. The van der Waals surface area contributed by atoms with E-state index in [1.807, 2.05) is 55.8 Å². The second-order valence-corrected chi connectivity index (χ2v) is 9.35. The van der Waals surface area contributed by atoms with Gasteiger partial charge in [0.15, 0.2) is 5.69 Å². The molecular weight excluding hydrogens is 462 g/mol. The van der Waals surface area contributed by atoms with E-state index in [-0.39, 0.29) is 17.7 Å². The molecule has 5 rings (SSSR count). The molecule has 7 heteroatoms. The summed E-state index contributed by atoms with van der Waals surface area (Å²) < 4.78 is 1.94. The molecule has 0 aliphatic carbocycles. The summed E-state index contributed by atoms with van der Waals surface area (Å²) in [7, 11) is 0. The molecule has 0 saturated carbocycles. The van der Waals surface area contributed by atoms with Crippen molar-refractivity contribution in [3.05, 3.63) is 106 Å². The van der Waals surface area contributed by atoms with Crippen LogP contribution in [0.15, 0.2) is 66.9 Å². The maximum Gasteiger partial charge on any atom is 0.276 e. The quantitative estimate of drug-likeness (QED) is 0.359. The van der Waals surface area contributed by atoms with E-state index in [0.717, 1.165) is 28.1 Å². The van der Waals surface area contributed by atoms with Gasteiger partial charge in [-0.25, -0.2) is 0 Å². The number of aromatic amines is 1. The highest BCUT2D eigenvalue weighted by molar-refractivity contribution is 6.04. The number of aromatic nitrogens is 3. The summed E-state index contributed by atoms with van der Waals surface area (Å²) in [5, 5.41) is 7.79. The van der Waals surface area contributed by atoms with Crippen LogP contribution < -0.4 is 5.32 Å². The molecule has 4 aromatic rings. The minimum Gasteiger partial charge on any atom is -0.357 e. The maximum atomic E-state index is 13.4. The Labute approximate surface area is 218 Å². The molecule has 2 aromatic carbocycles. The van der Waals surface area contributed by atoms with E-state index < -0.39 is 0 Å². The fourth-order valence-corrected chi connectivity index (χ4v) is 4.76. The van der Waals surface area contributed by atoms with Crippen LogP contribution in [0.2, 0.25) is 0 Å². The van der Waals surface area contributed by atoms with Crippen molar-refractivity contribution in [1.82, 2.24) is 19.7 Å². The number of aryl methyl sites for hydroxylation is 2. The van der Waals surface area contributed by atoms with Crippen molar-refractivity contribution in [3.8, 4) is 0 Å². The van der Waals surface area contributed by atoms with Gasteiger partial charge in [-0.05, 0) is 49.2 Å². The summed E-state index contributed by atoms with van der Waals surface area (Å²) in [5.74, 6) is -0.323. The number of nitrogens with zero attached hydrogens (tertiary/aromatic N) is 3. The van der Waals surface area contributed by atoms with Gasteiger partial charge in [0.25, 0.3) is 11.8 Å². The molecule has 0 bridgehead atoms. The molecule has 0 saturated heterocycles. The Morgan fingerprint density at radius 3 is 2.46 bits per heavy atom. The Kier molecular flexibility index (Phi) is 7.92. The van der Waals surface area contributed by atoms with Crippen molar-refractivity contribution in [2.45, 2.75) is 53.6 Å². The van der Waals surface area contributed by atoms with Crippen LogP contribution in [0.3, 0.4) is 0 Å². The van der Waals surface area contributed by atoms with Crippen molar-refractivity contribution in [3.63, 3.8) is 0 Å². The average molecular weight is 498 g/mol. The lowest BCUT2D eigenvalue weighted by Gasteiger charge is -2.32. The number of hydrogen-bond acceptors (Lipinski definition) is 3. The summed E-state index contributed by atoms with van der Waals surface area (Å²) in [5.41, 5.74) is 6.82. The third kappa shape index (κ3) is 5.66. The van der Waals surface area contributed by atoms with Crippen molar-refractivity contribution in [2.24, 2.45) is 0 Å². The molecule has 1 aliphatic heterocycles. The van der Waals surface area contributed by atoms with Gasteiger partial charge in [-0.3, -0.25) is 14.3 Å². The molecular formula is C30H35N5O2. The van der Waals surface area contributed by atoms with E-state index in [2.05, 4.69) is 48.4 Å². The van der Waals surface area contributed by atoms with Crippen molar-refractivity contribution < 1.29 is 9.59 Å². The SMILES string of the molecule is CC.Cc1ccc(Cn2nc(C(=O)Nc3cccc(C)c3)c3c2C(C)CN(C(=O)c2ccc[nH]2)C3)cc1. The Balaban J connectivity index is 0.00000156. The molecule has 37 heavy (non-hydrogen) atoms. The van der Waals surface area contributed by atoms with Crippen molar-refractivity contribution in [1.29, 1.82) is 0 Å². The third-order valence-corrected chi connectivity index (χ3v) is 6.46. The number of H-pyrrole nitrogens is 1. The number of carbonyl (C=O) groups excluding carboxylic acids is 2. The predicted octanol–water partition coefficient (Wildman–Crippen LogP) is 5.91. The number of rotatable bonds is 5. The zero-order valence-corrected chi connectivity index (χ0v) is 22.2. The lowest BCUT2D eigenvalue weighted by molar-refractivity contribution is 0.0711. The molecule has 1 aliphatic rings. The van der Waals surface area contributed by atoms with Gasteiger partial charge in [-0.2, -0.15) is 5.10 Å². The molecule has 0 spiro atoms. The molecule has 2 amide bonds. The van der Waals surface area contributed by atoms with Crippen LogP contribution in [0.5, 0.6) is 0 Å². The normalized spacial score (nSPS) is 14.4. The third-order valence-electron chi connectivity index (χ3n) is 6.46. The van der Waals surface area contributed by atoms with Crippen LogP contribution >= 0.6 is 0 Å². The van der Waals surface area contributed by atoms with Crippen LogP contribution in [0.1, 0.15) is 75.6 Å². The summed E-state index contributed by atoms with van der Waals surface area (Å²) >= 11 is 0. The first-order valence-electron chi connectivity index (χ1n) is 12.8. The molecule has 1 unspecified atom stereocenters.